The van der Waals surface area contributed by atoms with Crippen LogP contribution in [0.3, 0.4) is 0 Å². The van der Waals surface area contributed by atoms with E-state index in [-0.39, 0.29) is 6.04 Å². The van der Waals surface area contributed by atoms with E-state index in [9.17, 15) is 0 Å². The molecule has 0 radical (unpaired) electrons. The van der Waals surface area contributed by atoms with E-state index in [4.69, 9.17) is 17.3 Å². The molecule has 0 aromatic carbocycles. The predicted molar refractivity (Wildman–Crippen MR) is 60.2 cm³/mol. The Morgan fingerprint density at radius 3 is 2.86 bits per heavy atom. The second-order valence-corrected chi connectivity index (χ2v) is 4.16. The Morgan fingerprint density at radius 2 is 2.29 bits per heavy atom. The van der Waals surface area contributed by atoms with Crippen LogP contribution in [0.25, 0.3) is 0 Å². The molecule has 2 N–H and O–H groups in total. The van der Waals surface area contributed by atoms with Crippen LogP contribution in [0.1, 0.15) is 38.3 Å². The van der Waals surface area contributed by atoms with Crippen LogP contribution in [-0.2, 0) is 0 Å². The fourth-order valence-electron chi connectivity index (χ4n) is 1.41. The van der Waals surface area contributed by atoms with Gasteiger partial charge in [-0.1, -0.05) is 31.9 Å². The molecule has 78 valence electrons. The molecule has 1 rings (SSSR count). The largest absolute Gasteiger partial charge is 0.324 e. The summed E-state index contributed by atoms with van der Waals surface area (Å²) in [5, 5.41) is 0.670. The smallest absolute Gasteiger partial charge is 0.0637 e. The lowest BCUT2D eigenvalue weighted by Gasteiger charge is -2.16. The molecule has 0 aliphatic heterocycles. The van der Waals surface area contributed by atoms with E-state index in [1.54, 1.807) is 12.4 Å². The van der Waals surface area contributed by atoms with Crippen LogP contribution >= 0.6 is 11.6 Å². The molecule has 2 atom stereocenters. The molecule has 14 heavy (non-hydrogen) atoms. The quantitative estimate of drug-likeness (QED) is 0.833. The van der Waals surface area contributed by atoms with E-state index in [1.807, 2.05) is 6.07 Å². The van der Waals surface area contributed by atoms with E-state index in [1.165, 1.54) is 0 Å². The van der Waals surface area contributed by atoms with Crippen molar-refractivity contribution >= 4 is 11.6 Å². The monoisotopic (exact) mass is 212 g/mol. The van der Waals surface area contributed by atoms with Crippen LogP contribution in [0.5, 0.6) is 0 Å². The molecule has 0 fully saturated rings. The first kappa shape index (κ1) is 11.5. The summed E-state index contributed by atoms with van der Waals surface area (Å²) >= 11 is 6.00. The first-order chi connectivity index (χ1) is 6.65. The number of nitrogens with zero attached hydrogens (tertiary/aromatic N) is 1. The Balaban J connectivity index is 2.69. The summed E-state index contributed by atoms with van der Waals surface area (Å²) in [4.78, 5) is 3.94. The molecule has 1 aromatic heterocycles. The Morgan fingerprint density at radius 1 is 1.57 bits per heavy atom. The molecule has 0 aliphatic rings. The minimum Gasteiger partial charge on any atom is -0.324 e. The molecule has 2 nitrogen and oxygen atoms in total. The number of aromatic nitrogens is 1. The number of halogens is 1. The summed E-state index contributed by atoms with van der Waals surface area (Å²) in [5.74, 6) is 0.634. The second-order valence-electron chi connectivity index (χ2n) is 3.75. The van der Waals surface area contributed by atoms with Crippen LogP contribution < -0.4 is 5.73 Å². The highest BCUT2D eigenvalue weighted by Crippen LogP contribution is 2.25. The van der Waals surface area contributed by atoms with Crippen LogP contribution in [0.4, 0.5) is 0 Å². The molecule has 1 heterocycles. The van der Waals surface area contributed by atoms with Crippen LogP contribution in [-0.4, -0.2) is 4.98 Å². The number of hydrogen-bond donors (Lipinski definition) is 1. The first-order valence-electron chi connectivity index (χ1n) is 5.00. The molecule has 0 saturated heterocycles. The van der Waals surface area contributed by atoms with Gasteiger partial charge in [0.25, 0.3) is 0 Å². The van der Waals surface area contributed by atoms with Crippen molar-refractivity contribution in [1.82, 2.24) is 4.98 Å². The average Bonchev–Trinajstić information content (AvgIpc) is 2.18. The lowest BCUT2D eigenvalue weighted by molar-refractivity contribution is 0.461. The van der Waals surface area contributed by atoms with E-state index in [2.05, 4.69) is 18.8 Å². The summed E-state index contributed by atoms with van der Waals surface area (Å²) in [5.41, 5.74) is 7.06. The van der Waals surface area contributed by atoms with Gasteiger partial charge in [0.15, 0.2) is 0 Å². The van der Waals surface area contributed by atoms with Gasteiger partial charge in [-0.3, -0.25) is 4.98 Å². The third-order valence-corrected chi connectivity index (χ3v) is 2.87. The van der Waals surface area contributed by atoms with Crippen molar-refractivity contribution in [2.75, 3.05) is 0 Å². The number of hydrogen-bond acceptors (Lipinski definition) is 2. The van der Waals surface area contributed by atoms with Crippen molar-refractivity contribution in [1.29, 1.82) is 0 Å². The maximum atomic E-state index is 6.06. The zero-order valence-corrected chi connectivity index (χ0v) is 9.46. The van der Waals surface area contributed by atoms with Gasteiger partial charge in [-0.15, -0.1) is 0 Å². The molecule has 3 heteroatoms. The topological polar surface area (TPSA) is 38.9 Å². The van der Waals surface area contributed by atoms with E-state index < -0.39 is 0 Å². The third kappa shape index (κ3) is 2.96. The Kier molecular flexibility index (Phi) is 4.36. The Hall–Kier alpha value is -0.600. The van der Waals surface area contributed by atoms with E-state index >= 15 is 0 Å². The van der Waals surface area contributed by atoms with Gasteiger partial charge in [-0.05, 0) is 24.0 Å². The second kappa shape index (κ2) is 5.32. The molecular weight excluding hydrogens is 196 g/mol. The van der Waals surface area contributed by atoms with Gasteiger partial charge in [0.2, 0.25) is 0 Å². The van der Waals surface area contributed by atoms with Gasteiger partial charge >= 0.3 is 0 Å². The minimum absolute atomic E-state index is 0.0282. The minimum atomic E-state index is 0.0282. The number of rotatable bonds is 4. The molecule has 0 spiro atoms. The summed E-state index contributed by atoms with van der Waals surface area (Å²) < 4.78 is 0. The number of pyridine rings is 1. The highest BCUT2D eigenvalue weighted by Gasteiger charge is 2.12. The van der Waals surface area contributed by atoms with Gasteiger partial charge in [0.1, 0.15) is 0 Å². The third-order valence-electron chi connectivity index (χ3n) is 2.56. The van der Waals surface area contributed by atoms with Crippen molar-refractivity contribution < 1.29 is 0 Å². The first-order valence-corrected chi connectivity index (χ1v) is 5.38. The number of nitrogens with two attached hydrogens (primary N) is 1. The van der Waals surface area contributed by atoms with E-state index in [0.717, 1.165) is 18.4 Å². The molecule has 0 saturated carbocycles. The van der Waals surface area contributed by atoms with Crippen LogP contribution in [0, 0.1) is 5.92 Å². The SMILES string of the molecule is CCC(C)CC(N)c1ccncc1Cl. The maximum absolute atomic E-state index is 6.06. The van der Waals surface area contributed by atoms with Gasteiger partial charge < -0.3 is 5.73 Å². The summed E-state index contributed by atoms with van der Waals surface area (Å²) in [7, 11) is 0. The fourth-order valence-corrected chi connectivity index (χ4v) is 1.67. The zero-order chi connectivity index (χ0) is 10.6. The molecular formula is C11H17ClN2. The Bertz CT molecular complexity index is 288. The molecule has 1 aromatic rings. The molecule has 0 amide bonds. The summed E-state index contributed by atoms with van der Waals surface area (Å²) in [6.45, 7) is 4.38. The normalized spacial score (nSPS) is 15.1. The fraction of sp³-hybridized carbons (Fsp3) is 0.545. The van der Waals surface area contributed by atoms with Crippen LogP contribution in [0.2, 0.25) is 5.02 Å². The molecule has 2 unspecified atom stereocenters. The van der Waals surface area contributed by atoms with Crippen molar-refractivity contribution in [2.45, 2.75) is 32.7 Å². The van der Waals surface area contributed by atoms with Crippen molar-refractivity contribution in [3.05, 3.63) is 29.0 Å². The highest BCUT2D eigenvalue weighted by molar-refractivity contribution is 6.31. The molecule has 0 aliphatic carbocycles. The maximum Gasteiger partial charge on any atom is 0.0637 e. The lowest BCUT2D eigenvalue weighted by atomic mass is 9.95. The van der Waals surface area contributed by atoms with Crippen LogP contribution in [0.15, 0.2) is 18.5 Å². The summed E-state index contributed by atoms with van der Waals surface area (Å²) in [6, 6.07) is 1.93. The average molecular weight is 213 g/mol. The zero-order valence-electron chi connectivity index (χ0n) is 8.70. The predicted octanol–water partition coefficient (Wildman–Crippen LogP) is 3.17. The van der Waals surface area contributed by atoms with Crippen molar-refractivity contribution in [3.63, 3.8) is 0 Å². The van der Waals surface area contributed by atoms with E-state index in [0.29, 0.717) is 10.9 Å². The van der Waals surface area contributed by atoms with Gasteiger partial charge in [-0.25, -0.2) is 0 Å². The Labute approximate surface area is 90.5 Å². The van der Waals surface area contributed by atoms with Crippen molar-refractivity contribution in [3.8, 4) is 0 Å². The summed E-state index contributed by atoms with van der Waals surface area (Å²) in [6.07, 6.45) is 5.50. The molecule has 0 bridgehead atoms. The van der Waals surface area contributed by atoms with Gasteiger partial charge in [0, 0.05) is 18.4 Å². The van der Waals surface area contributed by atoms with Gasteiger partial charge in [-0.2, -0.15) is 0 Å². The highest BCUT2D eigenvalue weighted by atomic mass is 35.5. The standard InChI is InChI=1S/C11H17ClN2/c1-3-8(2)6-11(13)9-4-5-14-7-10(9)12/h4-5,7-8,11H,3,6,13H2,1-2H3. The lowest BCUT2D eigenvalue weighted by Crippen LogP contribution is -2.14. The van der Waals surface area contributed by atoms with Gasteiger partial charge in [0.05, 0.1) is 5.02 Å². The van der Waals surface area contributed by atoms with Crippen molar-refractivity contribution in [2.24, 2.45) is 11.7 Å².